The predicted molar refractivity (Wildman–Crippen MR) is 71.2 cm³/mol. The van der Waals surface area contributed by atoms with Crippen molar-refractivity contribution in [3.8, 4) is 0 Å². The molecule has 7 nitrogen and oxygen atoms in total. The molecule has 4 N–H and O–H groups in total. The number of carboxylic acid groups (broad SMARTS) is 1. The zero-order chi connectivity index (χ0) is 14.5. The van der Waals surface area contributed by atoms with Crippen molar-refractivity contribution in [1.82, 2.24) is 15.5 Å². The molecule has 106 valence electrons. The van der Waals surface area contributed by atoms with Gasteiger partial charge in [-0.2, -0.15) is 0 Å². The van der Waals surface area contributed by atoms with Crippen molar-refractivity contribution in [3.05, 3.63) is 46.6 Å². The first-order chi connectivity index (χ1) is 9.58. The topological polar surface area (TPSA) is 114 Å². The molecule has 8 heteroatoms. The maximum absolute atomic E-state index is 10.9. The van der Waals surface area contributed by atoms with Gasteiger partial charge in [0.1, 0.15) is 6.04 Å². The molecule has 0 saturated heterocycles. The van der Waals surface area contributed by atoms with Crippen LogP contribution >= 0.6 is 11.6 Å². The van der Waals surface area contributed by atoms with Crippen molar-refractivity contribution >= 4 is 17.7 Å². The highest BCUT2D eigenvalue weighted by molar-refractivity contribution is 6.30. The van der Waals surface area contributed by atoms with Crippen molar-refractivity contribution < 1.29 is 14.3 Å². The van der Waals surface area contributed by atoms with Gasteiger partial charge < -0.3 is 20.6 Å². The SMILES string of the molecule is NCc1nnc(C(Cc2ccc(Cl)cc2)NC(=O)O)o1. The third kappa shape index (κ3) is 3.69. The second-order valence-electron chi connectivity index (χ2n) is 4.07. The Bertz CT molecular complexity index is 585. The van der Waals surface area contributed by atoms with Gasteiger partial charge in [-0.1, -0.05) is 23.7 Å². The van der Waals surface area contributed by atoms with Crippen molar-refractivity contribution in [1.29, 1.82) is 0 Å². The van der Waals surface area contributed by atoms with Crippen LogP contribution in [0, 0.1) is 0 Å². The van der Waals surface area contributed by atoms with Gasteiger partial charge in [0.2, 0.25) is 11.8 Å². The van der Waals surface area contributed by atoms with E-state index in [1.807, 2.05) is 0 Å². The van der Waals surface area contributed by atoms with Crippen LogP contribution < -0.4 is 11.1 Å². The average Bonchev–Trinajstić information content (AvgIpc) is 2.89. The maximum Gasteiger partial charge on any atom is 0.405 e. The molecular weight excluding hydrogens is 284 g/mol. The van der Waals surface area contributed by atoms with Gasteiger partial charge in [-0.3, -0.25) is 0 Å². The summed E-state index contributed by atoms with van der Waals surface area (Å²) in [4.78, 5) is 10.9. The average molecular weight is 297 g/mol. The van der Waals surface area contributed by atoms with Crippen LogP contribution in [0.2, 0.25) is 5.02 Å². The molecule has 0 aliphatic rings. The lowest BCUT2D eigenvalue weighted by molar-refractivity contribution is 0.187. The van der Waals surface area contributed by atoms with E-state index in [-0.39, 0.29) is 18.3 Å². The van der Waals surface area contributed by atoms with Crippen LogP contribution in [0.15, 0.2) is 28.7 Å². The number of benzene rings is 1. The summed E-state index contributed by atoms with van der Waals surface area (Å²) in [6, 6.07) is 6.43. The molecule has 0 aliphatic heterocycles. The summed E-state index contributed by atoms with van der Waals surface area (Å²) in [5.41, 5.74) is 6.28. The number of amides is 1. The highest BCUT2D eigenvalue weighted by Crippen LogP contribution is 2.19. The molecule has 0 bridgehead atoms. The van der Waals surface area contributed by atoms with Crippen molar-refractivity contribution in [2.45, 2.75) is 19.0 Å². The normalized spacial score (nSPS) is 12.1. The number of nitrogens with zero attached hydrogens (tertiary/aromatic N) is 2. The molecule has 1 unspecified atom stereocenters. The lowest BCUT2D eigenvalue weighted by Crippen LogP contribution is -2.28. The van der Waals surface area contributed by atoms with Gasteiger partial charge in [-0.25, -0.2) is 4.79 Å². The van der Waals surface area contributed by atoms with Gasteiger partial charge in [-0.15, -0.1) is 10.2 Å². The Kier molecular flexibility index (Phi) is 4.54. The Morgan fingerprint density at radius 3 is 2.65 bits per heavy atom. The summed E-state index contributed by atoms with van der Waals surface area (Å²) >= 11 is 5.81. The largest absolute Gasteiger partial charge is 0.465 e. The number of nitrogens with one attached hydrogen (secondary N) is 1. The minimum atomic E-state index is -1.17. The van der Waals surface area contributed by atoms with Crippen LogP contribution in [-0.2, 0) is 13.0 Å². The first-order valence-electron chi connectivity index (χ1n) is 5.84. The third-order valence-corrected chi connectivity index (χ3v) is 2.86. The summed E-state index contributed by atoms with van der Waals surface area (Å²) in [5.74, 6) is 0.441. The van der Waals surface area contributed by atoms with Gasteiger partial charge in [0, 0.05) is 11.4 Å². The van der Waals surface area contributed by atoms with Crippen molar-refractivity contribution in [2.75, 3.05) is 0 Å². The summed E-state index contributed by atoms with van der Waals surface area (Å²) in [6.07, 6.45) is -0.799. The Morgan fingerprint density at radius 1 is 1.40 bits per heavy atom. The zero-order valence-corrected chi connectivity index (χ0v) is 11.2. The van der Waals surface area contributed by atoms with Crippen molar-refractivity contribution in [3.63, 3.8) is 0 Å². The van der Waals surface area contributed by atoms with E-state index < -0.39 is 12.1 Å². The quantitative estimate of drug-likeness (QED) is 0.774. The second kappa shape index (κ2) is 6.36. The van der Waals surface area contributed by atoms with E-state index in [0.717, 1.165) is 5.56 Å². The van der Waals surface area contributed by atoms with Gasteiger partial charge in [0.15, 0.2) is 0 Å². The van der Waals surface area contributed by atoms with Crippen LogP contribution in [0.25, 0.3) is 0 Å². The Balaban J connectivity index is 2.18. The number of aromatic nitrogens is 2. The molecule has 2 aromatic rings. The highest BCUT2D eigenvalue weighted by atomic mass is 35.5. The monoisotopic (exact) mass is 296 g/mol. The van der Waals surface area contributed by atoms with E-state index in [0.29, 0.717) is 11.4 Å². The Hall–Kier alpha value is -2.12. The van der Waals surface area contributed by atoms with E-state index in [9.17, 15) is 4.79 Å². The van der Waals surface area contributed by atoms with Gasteiger partial charge >= 0.3 is 6.09 Å². The molecule has 0 fully saturated rings. The van der Waals surface area contributed by atoms with E-state index in [4.69, 9.17) is 26.9 Å². The van der Waals surface area contributed by atoms with Gasteiger partial charge in [-0.05, 0) is 17.7 Å². The molecule has 1 atom stereocenters. The van der Waals surface area contributed by atoms with E-state index in [2.05, 4.69) is 15.5 Å². The summed E-state index contributed by atoms with van der Waals surface area (Å²) < 4.78 is 5.29. The number of nitrogens with two attached hydrogens (primary N) is 1. The standard InChI is InChI=1S/C12H13ClN4O3/c13-8-3-1-7(2-4-8)5-9(15-12(18)19)11-17-16-10(6-14)20-11/h1-4,9,15H,5-6,14H2,(H,18,19). The first-order valence-corrected chi connectivity index (χ1v) is 6.22. The fraction of sp³-hybridized carbons (Fsp3) is 0.250. The number of hydrogen-bond donors (Lipinski definition) is 3. The van der Waals surface area contributed by atoms with Gasteiger partial charge in [0.25, 0.3) is 0 Å². The molecule has 1 amide bonds. The van der Waals surface area contributed by atoms with Crippen LogP contribution in [0.1, 0.15) is 23.4 Å². The molecule has 0 radical (unpaired) electrons. The minimum Gasteiger partial charge on any atom is -0.465 e. The van der Waals surface area contributed by atoms with Crippen LogP contribution in [0.4, 0.5) is 4.79 Å². The lowest BCUT2D eigenvalue weighted by Gasteiger charge is -2.13. The maximum atomic E-state index is 10.9. The van der Waals surface area contributed by atoms with Crippen LogP contribution in [0.5, 0.6) is 0 Å². The fourth-order valence-electron chi connectivity index (χ4n) is 1.70. The number of rotatable bonds is 5. The van der Waals surface area contributed by atoms with Crippen LogP contribution in [0.3, 0.4) is 0 Å². The number of hydrogen-bond acceptors (Lipinski definition) is 5. The first kappa shape index (κ1) is 14.3. The summed E-state index contributed by atoms with van der Waals surface area (Å²) in [6.45, 7) is 0.105. The summed E-state index contributed by atoms with van der Waals surface area (Å²) in [5, 5.41) is 19.4. The summed E-state index contributed by atoms with van der Waals surface area (Å²) in [7, 11) is 0. The predicted octanol–water partition coefficient (Wildman–Crippen LogP) is 1.73. The van der Waals surface area contributed by atoms with E-state index in [1.165, 1.54) is 0 Å². The third-order valence-electron chi connectivity index (χ3n) is 2.61. The van der Waals surface area contributed by atoms with Crippen molar-refractivity contribution in [2.24, 2.45) is 5.73 Å². The fourth-order valence-corrected chi connectivity index (χ4v) is 1.82. The molecule has 1 aromatic carbocycles. The molecule has 0 aliphatic carbocycles. The molecule has 20 heavy (non-hydrogen) atoms. The zero-order valence-electron chi connectivity index (χ0n) is 10.4. The smallest absolute Gasteiger partial charge is 0.405 e. The molecule has 1 heterocycles. The molecule has 0 saturated carbocycles. The van der Waals surface area contributed by atoms with E-state index >= 15 is 0 Å². The Morgan fingerprint density at radius 2 is 2.10 bits per heavy atom. The minimum absolute atomic E-state index is 0.105. The number of carbonyl (C=O) groups is 1. The van der Waals surface area contributed by atoms with E-state index in [1.54, 1.807) is 24.3 Å². The molecule has 1 aromatic heterocycles. The lowest BCUT2D eigenvalue weighted by atomic mass is 10.1. The number of halogens is 1. The van der Waals surface area contributed by atoms with Gasteiger partial charge in [0.05, 0.1) is 6.54 Å². The molecule has 2 rings (SSSR count). The highest BCUT2D eigenvalue weighted by Gasteiger charge is 2.21. The molecular formula is C12H13ClN4O3. The second-order valence-corrected chi connectivity index (χ2v) is 4.51. The Labute approximate surface area is 119 Å². The molecule has 0 spiro atoms. The van der Waals surface area contributed by atoms with Crippen LogP contribution in [-0.4, -0.2) is 21.4 Å².